The number of methoxy groups -OCH3 is 1. The van der Waals surface area contributed by atoms with Crippen LogP contribution in [0.15, 0.2) is 84.0 Å². The lowest BCUT2D eigenvalue weighted by molar-refractivity contribution is 0.0976. The number of benzene rings is 3. The number of nitrogens with zero attached hydrogens (tertiary/aromatic N) is 1. The third kappa shape index (κ3) is 4.95. The molecular formula is C25H23FN4O2. The maximum absolute atomic E-state index is 14.2. The van der Waals surface area contributed by atoms with E-state index in [1.165, 1.54) is 13.2 Å². The van der Waals surface area contributed by atoms with Crippen molar-refractivity contribution in [1.82, 2.24) is 10.3 Å². The molecule has 3 aromatic carbocycles. The quantitative estimate of drug-likeness (QED) is 0.305. The van der Waals surface area contributed by atoms with Gasteiger partial charge in [-0.1, -0.05) is 36.4 Å². The molecule has 0 radical (unpaired) electrons. The summed E-state index contributed by atoms with van der Waals surface area (Å²) in [6, 6.07) is 21.0. The number of rotatable bonds is 6. The van der Waals surface area contributed by atoms with Gasteiger partial charge >= 0.3 is 0 Å². The van der Waals surface area contributed by atoms with E-state index < -0.39 is 5.82 Å². The van der Waals surface area contributed by atoms with Crippen LogP contribution in [0.5, 0.6) is 5.75 Å². The van der Waals surface area contributed by atoms with Crippen molar-refractivity contribution in [2.75, 3.05) is 19.0 Å². The van der Waals surface area contributed by atoms with Gasteiger partial charge in [-0.05, 0) is 48.4 Å². The minimum absolute atomic E-state index is 0.169. The lowest BCUT2D eigenvalue weighted by Crippen LogP contribution is -2.36. The highest BCUT2D eigenvalue weighted by atomic mass is 19.1. The Bertz CT molecular complexity index is 1270. The fourth-order valence-electron chi connectivity index (χ4n) is 3.37. The highest BCUT2D eigenvalue weighted by Gasteiger charge is 2.12. The second kappa shape index (κ2) is 9.78. The first kappa shape index (κ1) is 21.1. The fourth-order valence-corrected chi connectivity index (χ4v) is 3.37. The average Bonchev–Trinajstić information content (AvgIpc) is 3.23. The number of aromatic nitrogens is 1. The average molecular weight is 430 g/mol. The lowest BCUT2D eigenvalue weighted by Gasteiger charge is -2.13. The van der Waals surface area contributed by atoms with Crippen LogP contribution >= 0.6 is 0 Å². The topological polar surface area (TPSA) is 78.5 Å². The number of hydrogen-bond donors (Lipinski definition) is 3. The molecule has 6 nitrogen and oxygen atoms in total. The molecule has 7 heteroatoms. The highest BCUT2D eigenvalue weighted by Crippen LogP contribution is 2.18. The summed E-state index contributed by atoms with van der Waals surface area (Å²) in [5.74, 6) is -0.0775. The van der Waals surface area contributed by atoms with Crippen LogP contribution in [0.25, 0.3) is 10.9 Å². The number of fused-ring (bicyclic) bond motifs is 1. The minimum atomic E-state index is -0.438. The van der Waals surface area contributed by atoms with E-state index in [0.717, 1.165) is 16.5 Å². The number of hydrogen-bond acceptors (Lipinski definition) is 3. The molecule has 1 amide bonds. The highest BCUT2D eigenvalue weighted by molar-refractivity contribution is 6.10. The van der Waals surface area contributed by atoms with Gasteiger partial charge in [-0.25, -0.2) is 4.39 Å². The van der Waals surface area contributed by atoms with Crippen molar-refractivity contribution in [3.8, 4) is 5.75 Å². The number of aromatic amines is 1. The SMILES string of the molecule is COc1cccc(C(=O)NC(=NCCc2c[nH]c3ccccc23)Nc2ccccc2F)c1. The number of halogens is 1. The molecule has 32 heavy (non-hydrogen) atoms. The van der Waals surface area contributed by atoms with E-state index in [2.05, 4.69) is 20.6 Å². The van der Waals surface area contributed by atoms with Crippen molar-refractivity contribution in [2.24, 2.45) is 4.99 Å². The zero-order chi connectivity index (χ0) is 22.3. The van der Waals surface area contributed by atoms with Crippen LogP contribution < -0.4 is 15.4 Å². The summed E-state index contributed by atoms with van der Waals surface area (Å²) < 4.78 is 19.4. The van der Waals surface area contributed by atoms with Gasteiger partial charge in [0.2, 0.25) is 5.96 Å². The normalized spacial score (nSPS) is 11.4. The summed E-state index contributed by atoms with van der Waals surface area (Å²) in [6.45, 7) is 0.400. The van der Waals surface area contributed by atoms with E-state index in [9.17, 15) is 9.18 Å². The van der Waals surface area contributed by atoms with Crippen LogP contribution in [0.3, 0.4) is 0 Å². The standard InChI is InChI=1S/C25H23FN4O2/c1-32-19-8-6-7-17(15-19)24(31)30-25(29-23-12-5-3-10-21(23)26)27-14-13-18-16-28-22-11-4-2-9-20(18)22/h2-12,15-16,28H,13-14H2,1H3,(H2,27,29,30,31). The lowest BCUT2D eigenvalue weighted by atomic mass is 10.1. The summed E-state index contributed by atoms with van der Waals surface area (Å²) in [6.07, 6.45) is 2.61. The molecule has 0 aliphatic heterocycles. The molecule has 0 aliphatic rings. The van der Waals surface area contributed by atoms with Crippen molar-refractivity contribution in [2.45, 2.75) is 6.42 Å². The molecule has 1 aromatic heterocycles. The van der Waals surface area contributed by atoms with Crippen molar-refractivity contribution < 1.29 is 13.9 Å². The predicted octanol–water partition coefficient (Wildman–Crippen LogP) is 4.76. The monoisotopic (exact) mass is 430 g/mol. The molecule has 162 valence electrons. The van der Waals surface area contributed by atoms with E-state index in [1.807, 2.05) is 30.5 Å². The second-order valence-electron chi connectivity index (χ2n) is 7.13. The molecule has 1 heterocycles. The Morgan fingerprint density at radius 3 is 2.72 bits per heavy atom. The molecule has 3 N–H and O–H groups in total. The van der Waals surface area contributed by atoms with Crippen LogP contribution in [0, 0.1) is 5.82 Å². The fraction of sp³-hybridized carbons (Fsp3) is 0.120. The molecule has 0 aliphatic carbocycles. The van der Waals surface area contributed by atoms with Crippen LogP contribution in [0.1, 0.15) is 15.9 Å². The van der Waals surface area contributed by atoms with Gasteiger partial charge in [0.1, 0.15) is 11.6 Å². The molecule has 0 bridgehead atoms. The van der Waals surface area contributed by atoms with Crippen molar-refractivity contribution in [3.63, 3.8) is 0 Å². The zero-order valence-electron chi connectivity index (χ0n) is 17.6. The molecule has 4 aromatic rings. The van der Waals surface area contributed by atoms with E-state index in [0.29, 0.717) is 24.3 Å². The number of nitrogens with one attached hydrogen (secondary N) is 3. The van der Waals surface area contributed by atoms with Gasteiger partial charge in [0.15, 0.2) is 0 Å². The van der Waals surface area contributed by atoms with Crippen LogP contribution in [-0.4, -0.2) is 30.5 Å². The van der Waals surface area contributed by atoms with E-state index in [-0.39, 0.29) is 17.6 Å². The molecule has 0 saturated carbocycles. The molecule has 4 rings (SSSR count). The number of aliphatic imine (C=N–C) groups is 1. The minimum Gasteiger partial charge on any atom is -0.497 e. The largest absolute Gasteiger partial charge is 0.497 e. The van der Waals surface area contributed by atoms with Gasteiger partial charge in [0.25, 0.3) is 5.91 Å². The van der Waals surface area contributed by atoms with Crippen molar-refractivity contribution >= 4 is 28.5 Å². The zero-order valence-corrected chi connectivity index (χ0v) is 17.6. The van der Waals surface area contributed by atoms with Crippen LogP contribution in [0.4, 0.5) is 10.1 Å². The number of H-pyrrole nitrogens is 1. The Kier molecular flexibility index (Phi) is 6.46. The van der Waals surface area contributed by atoms with Gasteiger partial charge in [-0.2, -0.15) is 0 Å². The Morgan fingerprint density at radius 2 is 1.88 bits per heavy atom. The molecular weight excluding hydrogens is 407 g/mol. The third-order valence-electron chi connectivity index (χ3n) is 5.02. The van der Waals surface area contributed by atoms with Gasteiger partial charge in [0.05, 0.1) is 12.8 Å². The number of ether oxygens (including phenoxy) is 1. The summed E-state index contributed by atoms with van der Waals surface area (Å²) >= 11 is 0. The smallest absolute Gasteiger partial charge is 0.258 e. The Hall–Kier alpha value is -4.13. The number of carbonyl (C=O) groups excluding carboxylic acids is 1. The van der Waals surface area contributed by atoms with Crippen LogP contribution in [-0.2, 0) is 6.42 Å². The van der Waals surface area contributed by atoms with E-state index in [1.54, 1.807) is 42.5 Å². The van der Waals surface area contributed by atoms with E-state index >= 15 is 0 Å². The summed E-state index contributed by atoms with van der Waals surface area (Å²) in [4.78, 5) is 20.5. The molecule has 0 atom stereocenters. The van der Waals surface area contributed by atoms with Gasteiger partial charge in [-0.3, -0.25) is 15.1 Å². The first-order valence-corrected chi connectivity index (χ1v) is 10.2. The number of para-hydroxylation sites is 2. The van der Waals surface area contributed by atoms with Crippen LogP contribution in [0.2, 0.25) is 0 Å². The summed E-state index contributed by atoms with van der Waals surface area (Å²) in [7, 11) is 1.54. The van der Waals surface area contributed by atoms with Gasteiger partial charge in [-0.15, -0.1) is 0 Å². The number of guanidine groups is 1. The Morgan fingerprint density at radius 1 is 1.06 bits per heavy atom. The molecule has 0 saturated heterocycles. The molecule has 0 unspecified atom stereocenters. The number of amides is 1. The second-order valence-corrected chi connectivity index (χ2v) is 7.13. The number of anilines is 1. The maximum atomic E-state index is 14.2. The third-order valence-corrected chi connectivity index (χ3v) is 5.02. The summed E-state index contributed by atoms with van der Waals surface area (Å²) in [5.41, 5.74) is 2.81. The maximum Gasteiger partial charge on any atom is 0.258 e. The Balaban J connectivity index is 1.53. The van der Waals surface area contributed by atoms with Gasteiger partial charge < -0.3 is 15.0 Å². The number of carbonyl (C=O) groups is 1. The van der Waals surface area contributed by atoms with Crippen molar-refractivity contribution in [1.29, 1.82) is 0 Å². The molecule has 0 fully saturated rings. The Labute approximate surface area is 185 Å². The first-order chi connectivity index (χ1) is 15.6. The predicted molar refractivity (Wildman–Crippen MR) is 125 cm³/mol. The van der Waals surface area contributed by atoms with Gasteiger partial charge in [0, 0.05) is 29.2 Å². The summed E-state index contributed by atoms with van der Waals surface area (Å²) in [5, 5.41) is 6.78. The first-order valence-electron chi connectivity index (χ1n) is 10.2. The van der Waals surface area contributed by atoms with Crippen molar-refractivity contribution in [3.05, 3.63) is 95.9 Å². The van der Waals surface area contributed by atoms with E-state index in [4.69, 9.17) is 4.74 Å². The molecule has 0 spiro atoms.